The van der Waals surface area contributed by atoms with Crippen LogP contribution in [-0.4, -0.2) is 18.3 Å². The molecule has 1 unspecified atom stereocenters. The van der Waals surface area contributed by atoms with Crippen molar-refractivity contribution in [3.63, 3.8) is 0 Å². The Labute approximate surface area is 113 Å². The van der Waals surface area contributed by atoms with Gasteiger partial charge in [0.1, 0.15) is 5.75 Å². The molecule has 1 aromatic carbocycles. The minimum absolute atomic E-state index is 0.0394. The number of nitrogens with zero attached hydrogens (tertiary/aromatic N) is 1. The highest BCUT2D eigenvalue weighted by atomic mass is 16.5. The van der Waals surface area contributed by atoms with Crippen molar-refractivity contribution in [2.75, 3.05) is 4.90 Å². The van der Waals surface area contributed by atoms with E-state index in [2.05, 4.69) is 18.3 Å². The molecule has 1 aromatic rings. The number of aryl methyl sites for hydroxylation is 1. The van der Waals surface area contributed by atoms with Gasteiger partial charge in [-0.2, -0.15) is 0 Å². The first kappa shape index (κ1) is 12.3. The lowest BCUT2D eigenvalue weighted by atomic mass is 10.1. The molecule has 0 spiro atoms. The fraction of sp³-hybridized carbons (Fsp3) is 0.533. The first-order chi connectivity index (χ1) is 9.20. The highest BCUT2D eigenvalue weighted by Gasteiger charge is 2.36. The van der Waals surface area contributed by atoms with E-state index in [0.717, 1.165) is 37.1 Å². The van der Waals surface area contributed by atoms with Gasteiger partial charge in [0, 0.05) is 6.04 Å². The van der Waals surface area contributed by atoms with E-state index < -0.39 is 0 Å². The largest absolute Gasteiger partial charge is 0.468 e. The first-order valence-corrected chi connectivity index (χ1v) is 7.09. The van der Waals surface area contributed by atoms with Crippen LogP contribution in [0, 0.1) is 0 Å². The molecule has 1 N–H and O–H groups in total. The molecular weight excluding hydrogens is 240 g/mol. The molecule has 1 aliphatic carbocycles. The lowest BCUT2D eigenvalue weighted by Crippen LogP contribution is -2.45. The molecule has 0 radical (unpaired) electrons. The average molecular weight is 260 g/mol. The Hall–Kier alpha value is -1.71. The number of para-hydroxylation sites is 1. The van der Waals surface area contributed by atoms with E-state index in [1.807, 2.05) is 19.1 Å². The third kappa shape index (κ3) is 2.27. The van der Waals surface area contributed by atoms with E-state index in [1.165, 1.54) is 5.56 Å². The van der Waals surface area contributed by atoms with Crippen LogP contribution in [0.5, 0.6) is 5.75 Å². The normalized spacial score (nSPS) is 20.9. The van der Waals surface area contributed by atoms with Gasteiger partial charge in [-0.3, -0.25) is 4.90 Å². The van der Waals surface area contributed by atoms with Crippen molar-refractivity contribution in [3.05, 3.63) is 23.8 Å². The molecule has 19 heavy (non-hydrogen) atoms. The molecule has 1 saturated carbocycles. The maximum Gasteiger partial charge on any atom is 0.325 e. The van der Waals surface area contributed by atoms with Crippen LogP contribution >= 0.6 is 0 Å². The summed E-state index contributed by atoms with van der Waals surface area (Å²) in [5.41, 5.74) is 2.09. The van der Waals surface area contributed by atoms with Crippen molar-refractivity contribution in [1.29, 1.82) is 0 Å². The summed E-state index contributed by atoms with van der Waals surface area (Å²) in [5.74, 6) is 0.878. The average Bonchev–Trinajstić information content (AvgIpc) is 3.10. The van der Waals surface area contributed by atoms with E-state index in [4.69, 9.17) is 4.74 Å². The van der Waals surface area contributed by atoms with Crippen LogP contribution < -0.4 is 15.0 Å². The topological polar surface area (TPSA) is 41.6 Å². The summed E-state index contributed by atoms with van der Waals surface area (Å²) >= 11 is 0. The maximum absolute atomic E-state index is 12.3. The number of carbonyl (C=O) groups excluding carboxylic acids is 1. The summed E-state index contributed by atoms with van der Waals surface area (Å²) in [5, 5.41) is 3.03. The number of rotatable bonds is 3. The lowest BCUT2D eigenvalue weighted by molar-refractivity contribution is 0.218. The van der Waals surface area contributed by atoms with Crippen LogP contribution in [0.25, 0.3) is 0 Å². The molecule has 2 amide bonds. The van der Waals surface area contributed by atoms with Crippen LogP contribution in [0.2, 0.25) is 0 Å². The molecule has 1 heterocycles. The van der Waals surface area contributed by atoms with E-state index in [0.29, 0.717) is 6.04 Å². The zero-order chi connectivity index (χ0) is 13.4. The van der Waals surface area contributed by atoms with Crippen LogP contribution in [0.3, 0.4) is 0 Å². The predicted octanol–water partition coefficient (Wildman–Crippen LogP) is 3.06. The maximum atomic E-state index is 12.3. The minimum atomic E-state index is -0.230. The lowest BCUT2D eigenvalue weighted by Gasteiger charge is -2.20. The Morgan fingerprint density at radius 2 is 2.26 bits per heavy atom. The number of fused-ring (bicyclic) bond motifs is 1. The molecule has 1 aliphatic heterocycles. The second-order valence-corrected chi connectivity index (χ2v) is 5.33. The second kappa shape index (κ2) is 4.76. The molecular formula is C15H20N2O2. The fourth-order valence-electron chi connectivity index (χ4n) is 2.53. The Morgan fingerprint density at radius 1 is 1.47 bits per heavy atom. The van der Waals surface area contributed by atoms with Crippen LogP contribution in [0.4, 0.5) is 10.5 Å². The van der Waals surface area contributed by atoms with Crippen molar-refractivity contribution in [3.8, 4) is 5.75 Å². The first-order valence-electron chi connectivity index (χ1n) is 7.09. The predicted molar refractivity (Wildman–Crippen MR) is 74.6 cm³/mol. The van der Waals surface area contributed by atoms with Crippen molar-refractivity contribution in [2.24, 2.45) is 0 Å². The van der Waals surface area contributed by atoms with Crippen LogP contribution in [0.15, 0.2) is 18.2 Å². The molecule has 4 nitrogen and oxygen atoms in total. The number of amides is 2. The van der Waals surface area contributed by atoms with Crippen molar-refractivity contribution in [1.82, 2.24) is 5.32 Å². The van der Waals surface area contributed by atoms with E-state index in [-0.39, 0.29) is 12.3 Å². The monoisotopic (exact) mass is 260 g/mol. The number of carbonyl (C=O) groups is 1. The van der Waals surface area contributed by atoms with Gasteiger partial charge in [-0.05, 0) is 37.8 Å². The van der Waals surface area contributed by atoms with E-state index in [9.17, 15) is 4.79 Å². The molecule has 1 atom stereocenters. The van der Waals surface area contributed by atoms with Crippen molar-refractivity contribution >= 4 is 11.7 Å². The van der Waals surface area contributed by atoms with Gasteiger partial charge in [0.15, 0.2) is 6.23 Å². The Kier molecular flexibility index (Phi) is 3.09. The molecule has 0 saturated heterocycles. The van der Waals surface area contributed by atoms with Gasteiger partial charge in [-0.25, -0.2) is 4.79 Å². The second-order valence-electron chi connectivity index (χ2n) is 5.33. The molecule has 4 heteroatoms. The van der Waals surface area contributed by atoms with Gasteiger partial charge in [0.05, 0.1) is 5.69 Å². The van der Waals surface area contributed by atoms with Gasteiger partial charge < -0.3 is 10.1 Å². The molecule has 0 aromatic heterocycles. The van der Waals surface area contributed by atoms with Gasteiger partial charge in [0.2, 0.25) is 0 Å². The molecule has 3 rings (SSSR count). The third-order valence-corrected chi connectivity index (χ3v) is 3.63. The number of hydrogen-bond acceptors (Lipinski definition) is 2. The number of anilines is 1. The summed E-state index contributed by atoms with van der Waals surface area (Å²) in [6, 6.07) is 6.37. The van der Waals surface area contributed by atoms with E-state index in [1.54, 1.807) is 4.90 Å². The zero-order valence-corrected chi connectivity index (χ0v) is 11.5. The van der Waals surface area contributed by atoms with Gasteiger partial charge in [-0.1, -0.05) is 25.5 Å². The standard InChI is InChI=1S/C15H20N2O2/c1-3-5-11-6-4-7-13-14(11)19-10(2)17(13)15(18)16-12-8-9-12/h4,6-7,10,12H,3,5,8-9H2,1-2H3,(H,16,18). The number of ether oxygens (including phenoxy) is 1. The number of nitrogens with one attached hydrogen (secondary N) is 1. The quantitative estimate of drug-likeness (QED) is 0.907. The molecule has 0 bridgehead atoms. The van der Waals surface area contributed by atoms with Gasteiger partial charge >= 0.3 is 6.03 Å². The Bertz CT molecular complexity index is 497. The van der Waals surface area contributed by atoms with Crippen molar-refractivity contribution < 1.29 is 9.53 Å². The highest BCUT2D eigenvalue weighted by Crippen LogP contribution is 2.40. The highest BCUT2D eigenvalue weighted by molar-refractivity contribution is 5.95. The summed E-state index contributed by atoms with van der Waals surface area (Å²) in [6.45, 7) is 4.07. The SMILES string of the molecule is CCCc1cccc2c1OC(C)N2C(=O)NC1CC1. The number of benzene rings is 1. The summed E-state index contributed by atoms with van der Waals surface area (Å²) in [7, 11) is 0. The van der Waals surface area contributed by atoms with Gasteiger partial charge in [-0.15, -0.1) is 0 Å². The Balaban J connectivity index is 1.88. The fourth-order valence-corrected chi connectivity index (χ4v) is 2.53. The minimum Gasteiger partial charge on any atom is -0.468 e. The number of hydrogen-bond donors (Lipinski definition) is 1. The summed E-state index contributed by atoms with van der Waals surface area (Å²) < 4.78 is 5.89. The van der Waals surface area contributed by atoms with Crippen LogP contribution in [0.1, 0.15) is 38.7 Å². The summed E-state index contributed by atoms with van der Waals surface area (Å²) in [4.78, 5) is 14.0. The van der Waals surface area contributed by atoms with E-state index >= 15 is 0 Å². The molecule has 2 aliphatic rings. The van der Waals surface area contributed by atoms with Gasteiger partial charge in [0.25, 0.3) is 0 Å². The zero-order valence-electron chi connectivity index (χ0n) is 11.5. The smallest absolute Gasteiger partial charge is 0.325 e. The number of urea groups is 1. The third-order valence-electron chi connectivity index (χ3n) is 3.63. The Morgan fingerprint density at radius 3 is 2.95 bits per heavy atom. The molecule has 102 valence electrons. The summed E-state index contributed by atoms with van der Waals surface area (Å²) in [6.07, 6.45) is 4.01. The molecule has 1 fully saturated rings. The van der Waals surface area contributed by atoms with Crippen molar-refractivity contribution in [2.45, 2.75) is 51.8 Å². The van der Waals surface area contributed by atoms with Crippen LogP contribution in [-0.2, 0) is 6.42 Å².